The van der Waals surface area contributed by atoms with Gasteiger partial charge in [0, 0.05) is 6.61 Å². The van der Waals surface area contributed by atoms with Crippen LogP contribution in [0.1, 0.15) is 31.2 Å². The van der Waals surface area contributed by atoms with Crippen molar-refractivity contribution < 1.29 is 14.6 Å². The maximum absolute atomic E-state index is 8.62. The highest BCUT2D eigenvalue weighted by atomic mass is 16.5. The molecule has 0 aliphatic rings. The van der Waals surface area contributed by atoms with E-state index < -0.39 is 0 Å². The summed E-state index contributed by atoms with van der Waals surface area (Å²) in [6.45, 7) is 1.02. The van der Waals surface area contributed by atoms with Gasteiger partial charge in [-0.05, 0) is 43.0 Å². The summed E-state index contributed by atoms with van der Waals surface area (Å²) >= 11 is 0. The quantitative estimate of drug-likeness (QED) is 0.540. The molecule has 0 heterocycles. The zero-order chi connectivity index (χ0) is 13.1. The van der Waals surface area contributed by atoms with Gasteiger partial charge in [0.1, 0.15) is 5.75 Å². The second kappa shape index (κ2) is 9.54. The summed E-state index contributed by atoms with van der Waals surface area (Å²) in [6.07, 6.45) is 7.77. The van der Waals surface area contributed by atoms with Crippen LogP contribution in [0.5, 0.6) is 5.75 Å². The summed E-state index contributed by atoms with van der Waals surface area (Å²) in [5.41, 5.74) is 1.09. The molecule has 0 aromatic heterocycles. The molecule has 0 aliphatic heterocycles. The highest BCUT2D eigenvalue weighted by Gasteiger charge is 1.91. The predicted molar refractivity (Wildman–Crippen MR) is 73.5 cm³/mol. The molecule has 0 fully saturated rings. The molecule has 0 atom stereocenters. The van der Waals surface area contributed by atoms with Gasteiger partial charge in [0.2, 0.25) is 0 Å². The normalized spacial score (nSPS) is 10.8. The fraction of sp³-hybridized carbons (Fsp3) is 0.467. The Bertz CT molecular complexity index is 330. The molecule has 0 saturated carbocycles. The van der Waals surface area contributed by atoms with E-state index in [1.165, 1.54) is 0 Å². The summed E-state index contributed by atoms with van der Waals surface area (Å²) in [5, 5.41) is 8.62. The number of ether oxygens (including phenoxy) is 2. The van der Waals surface area contributed by atoms with Gasteiger partial charge in [-0.2, -0.15) is 0 Å². The zero-order valence-electron chi connectivity index (χ0n) is 11.0. The first-order valence-electron chi connectivity index (χ1n) is 6.40. The Balaban J connectivity index is 2.12. The van der Waals surface area contributed by atoms with E-state index in [-0.39, 0.29) is 6.61 Å². The number of aliphatic hydroxyl groups is 1. The average Bonchev–Trinajstić information content (AvgIpc) is 2.42. The molecule has 0 spiro atoms. The van der Waals surface area contributed by atoms with E-state index in [0.717, 1.165) is 43.6 Å². The second-order valence-electron chi connectivity index (χ2n) is 4.08. The molecule has 3 nitrogen and oxygen atoms in total. The molecule has 0 aliphatic carbocycles. The molecule has 100 valence electrons. The summed E-state index contributed by atoms with van der Waals surface area (Å²) in [7, 11) is 1.66. The maximum atomic E-state index is 8.62. The van der Waals surface area contributed by atoms with Crippen LogP contribution in [0.2, 0.25) is 0 Å². The lowest BCUT2D eigenvalue weighted by atomic mass is 10.2. The van der Waals surface area contributed by atoms with E-state index >= 15 is 0 Å². The SMILES string of the molecule is COc1ccc(/C=C/OCCCCCCO)cc1. The predicted octanol–water partition coefficient (Wildman–Crippen LogP) is 3.24. The number of hydrogen-bond donors (Lipinski definition) is 1. The average molecular weight is 250 g/mol. The largest absolute Gasteiger partial charge is 0.501 e. The van der Waals surface area contributed by atoms with E-state index in [2.05, 4.69) is 0 Å². The van der Waals surface area contributed by atoms with Gasteiger partial charge in [0.25, 0.3) is 0 Å². The third-order valence-corrected chi connectivity index (χ3v) is 2.64. The van der Waals surface area contributed by atoms with E-state index in [1.807, 2.05) is 30.3 Å². The van der Waals surface area contributed by atoms with Crippen molar-refractivity contribution in [2.45, 2.75) is 25.7 Å². The van der Waals surface area contributed by atoms with Crippen molar-refractivity contribution >= 4 is 6.08 Å². The smallest absolute Gasteiger partial charge is 0.118 e. The van der Waals surface area contributed by atoms with Crippen LogP contribution in [0.15, 0.2) is 30.5 Å². The van der Waals surface area contributed by atoms with Gasteiger partial charge in [0.05, 0.1) is 20.0 Å². The van der Waals surface area contributed by atoms with Gasteiger partial charge in [0.15, 0.2) is 0 Å². The Hall–Kier alpha value is -1.48. The van der Waals surface area contributed by atoms with Crippen LogP contribution in [0.4, 0.5) is 0 Å². The Kier molecular flexibility index (Phi) is 7.73. The highest BCUT2D eigenvalue weighted by Crippen LogP contribution is 2.12. The third-order valence-electron chi connectivity index (χ3n) is 2.64. The lowest BCUT2D eigenvalue weighted by molar-refractivity contribution is 0.238. The minimum absolute atomic E-state index is 0.290. The first kappa shape index (κ1) is 14.6. The van der Waals surface area contributed by atoms with Gasteiger partial charge < -0.3 is 14.6 Å². The molecule has 1 N–H and O–H groups in total. The van der Waals surface area contributed by atoms with Gasteiger partial charge in [-0.25, -0.2) is 0 Å². The summed E-state index contributed by atoms with van der Waals surface area (Å²) in [4.78, 5) is 0. The van der Waals surface area contributed by atoms with Crippen LogP contribution in [-0.4, -0.2) is 25.4 Å². The third kappa shape index (κ3) is 6.30. The van der Waals surface area contributed by atoms with E-state index in [9.17, 15) is 0 Å². The first-order valence-corrected chi connectivity index (χ1v) is 6.40. The minimum atomic E-state index is 0.290. The molecular weight excluding hydrogens is 228 g/mol. The molecule has 0 saturated heterocycles. The molecule has 0 radical (unpaired) electrons. The van der Waals surface area contributed by atoms with Crippen LogP contribution in [-0.2, 0) is 4.74 Å². The van der Waals surface area contributed by atoms with Gasteiger partial charge in [-0.1, -0.05) is 18.6 Å². The van der Waals surface area contributed by atoms with Crippen molar-refractivity contribution in [1.82, 2.24) is 0 Å². The molecule has 1 rings (SSSR count). The van der Waals surface area contributed by atoms with E-state index in [1.54, 1.807) is 13.4 Å². The second-order valence-corrected chi connectivity index (χ2v) is 4.08. The number of benzene rings is 1. The fourth-order valence-electron chi connectivity index (χ4n) is 1.56. The van der Waals surface area contributed by atoms with Gasteiger partial charge in [-0.15, -0.1) is 0 Å². The topological polar surface area (TPSA) is 38.7 Å². The van der Waals surface area contributed by atoms with Crippen LogP contribution in [0.3, 0.4) is 0 Å². The Morgan fingerprint density at radius 2 is 1.78 bits per heavy atom. The molecule has 0 unspecified atom stereocenters. The van der Waals surface area contributed by atoms with Gasteiger partial charge >= 0.3 is 0 Å². The number of aliphatic hydroxyl groups excluding tert-OH is 1. The standard InChI is InChI=1S/C15H22O3/c1-17-15-8-6-14(7-9-15)10-13-18-12-5-3-2-4-11-16/h6-10,13,16H,2-5,11-12H2,1H3/b13-10+. The number of methoxy groups -OCH3 is 1. The van der Waals surface area contributed by atoms with Crippen molar-refractivity contribution in [3.8, 4) is 5.75 Å². The van der Waals surface area contributed by atoms with Crippen molar-refractivity contribution in [1.29, 1.82) is 0 Å². The van der Waals surface area contributed by atoms with Crippen molar-refractivity contribution in [2.24, 2.45) is 0 Å². The lowest BCUT2D eigenvalue weighted by Crippen LogP contribution is -1.89. The van der Waals surface area contributed by atoms with Crippen molar-refractivity contribution in [3.63, 3.8) is 0 Å². The fourth-order valence-corrected chi connectivity index (χ4v) is 1.56. The van der Waals surface area contributed by atoms with Crippen LogP contribution in [0.25, 0.3) is 6.08 Å². The minimum Gasteiger partial charge on any atom is -0.501 e. The molecule has 1 aromatic carbocycles. The van der Waals surface area contributed by atoms with Crippen molar-refractivity contribution in [2.75, 3.05) is 20.3 Å². The van der Waals surface area contributed by atoms with E-state index in [0.29, 0.717) is 0 Å². The number of hydrogen-bond acceptors (Lipinski definition) is 3. The molecule has 0 amide bonds. The van der Waals surface area contributed by atoms with Crippen LogP contribution >= 0.6 is 0 Å². The maximum Gasteiger partial charge on any atom is 0.118 e. The molecule has 3 heteroatoms. The number of rotatable bonds is 9. The lowest BCUT2D eigenvalue weighted by Gasteiger charge is -2.01. The summed E-state index contributed by atoms with van der Waals surface area (Å²) in [6, 6.07) is 7.82. The van der Waals surface area contributed by atoms with Gasteiger partial charge in [-0.3, -0.25) is 0 Å². The molecule has 18 heavy (non-hydrogen) atoms. The zero-order valence-corrected chi connectivity index (χ0v) is 11.0. The van der Waals surface area contributed by atoms with Crippen molar-refractivity contribution in [3.05, 3.63) is 36.1 Å². The summed E-state index contributed by atoms with van der Waals surface area (Å²) < 4.78 is 10.5. The molecular formula is C15H22O3. The summed E-state index contributed by atoms with van der Waals surface area (Å²) in [5.74, 6) is 0.858. The monoisotopic (exact) mass is 250 g/mol. The highest BCUT2D eigenvalue weighted by molar-refractivity contribution is 5.49. The Labute approximate surface area is 109 Å². The Morgan fingerprint density at radius 1 is 1.06 bits per heavy atom. The van der Waals surface area contributed by atoms with E-state index in [4.69, 9.17) is 14.6 Å². The van der Waals surface area contributed by atoms with Crippen LogP contribution < -0.4 is 4.74 Å². The Morgan fingerprint density at radius 3 is 2.44 bits per heavy atom. The van der Waals surface area contributed by atoms with Crippen LogP contribution in [0, 0.1) is 0 Å². The number of unbranched alkanes of at least 4 members (excludes halogenated alkanes) is 3. The molecule has 1 aromatic rings. The molecule has 0 bridgehead atoms. The first-order chi connectivity index (χ1) is 8.86.